The van der Waals surface area contributed by atoms with Gasteiger partial charge in [-0.25, -0.2) is 0 Å². The lowest BCUT2D eigenvalue weighted by molar-refractivity contribution is -0.235. The van der Waals surface area contributed by atoms with Gasteiger partial charge in [0.15, 0.2) is 0 Å². The first kappa shape index (κ1) is 26.9. The molecule has 0 radical (unpaired) electrons. The van der Waals surface area contributed by atoms with Crippen LogP contribution in [0.2, 0.25) is 0 Å². The van der Waals surface area contributed by atoms with Crippen molar-refractivity contribution in [2.24, 2.45) is 56.7 Å². The number of carboxylic acids is 1. The van der Waals surface area contributed by atoms with Crippen LogP contribution in [0.4, 0.5) is 0 Å². The first-order valence-corrected chi connectivity index (χ1v) is 14.7. The Bertz CT molecular complexity index is 1030. The van der Waals surface area contributed by atoms with Crippen LogP contribution in [-0.4, -0.2) is 29.4 Å². The van der Waals surface area contributed by atoms with Crippen LogP contribution in [-0.2, 0) is 19.1 Å². The van der Waals surface area contributed by atoms with Crippen LogP contribution in [0.5, 0.6) is 0 Å². The fourth-order valence-corrected chi connectivity index (χ4v) is 11.5. The van der Waals surface area contributed by atoms with Crippen molar-refractivity contribution in [1.29, 1.82) is 0 Å². The minimum Gasteiger partial charge on any atom is -0.481 e. The monoisotopic (exact) mass is 512 g/mol. The molecule has 5 aliphatic carbocycles. The number of ether oxygens (including phenoxy) is 1. The van der Waals surface area contributed by atoms with Gasteiger partial charge in [-0.3, -0.25) is 14.4 Å². The summed E-state index contributed by atoms with van der Waals surface area (Å²) in [4.78, 5) is 37.4. The number of esters is 1. The van der Waals surface area contributed by atoms with E-state index in [-0.39, 0.29) is 46.1 Å². The van der Waals surface area contributed by atoms with E-state index in [0.29, 0.717) is 36.4 Å². The molecule has 0 amide bonds. The van der Waals surface area contributed by atoms with Crippen LogP contribution >= 0.6 is 0 Å². The molecule has 206 valence electrons. The molecular formula is C32H48O5. The fourth-order valence-electron chi connectivity index (χ4n) is 11.5. The molecule has 1 N–H and O–H groups in total. The van der Waals surface area contributed by atoms with Gasteiger partial charge in [0.05, 0.1) is 5.41 Å². The van der Waals surface area contributed by atoms with Crippen molar-refractivity contribution in [3.63, 3.8) is 0 Å². The van der Waals surface area contributed by atoms with Gasteiger partial charge < -0.3 is 9.84 Å². The molecular weight excluding hydrogens is 464 g/mol. The number of ketones is 1. The maximum absolute atomic E-state index is 13.0. The van der Waals surface area contributed by atoms with Gasteiger partial charge in [-0.05, 0) is 109 Å². The van der Waals surface area contributed by atoms with Crippen molar-refractivity contribution in [2.45, 2.75) is 106 Å². The third-order valence-electron chi connectivity index (χ3n) is 13.6. The van der Waals surface area contributed by atoms with Gasteiger partial charge in [0.1, 0.15) is 12.4 Å². The molecule has 0 aliphatic heterocycles. The third kappa shape index (κ3) is 3.43. The van der Waals surface area contributed by atoms with Gasteiger partial charge in [-0.1, -0.05) is 41.2 Å². The Balaban J connectivity index is 1.53. The van der Waals surface area contributed by atoms with Gasteiger partial charge >= 0.3 is 11.9 Å². The molecule has 0 aromatic carbocycles. The van der Waals surface area contributed by atoms with Crippen molar-refractivity contribution in [1.82, 2.24) is 0 Å². The van der Waals surface area contributed by atoms with E-state index < -0.39 is 11.4 Å². The first-order chi connectivity index (χ1) is 17.1. The second-order valence-electron chi connectivity index (χ2n) is 14.9. The van der Waals surface area contributed by atoms with Crippen LogP contribution in [0.1, 0.15) is 106 Å². The second kappa shape index (κ2) is 8.42. The normalized spacial score (nSPS) is 48.2. The number of carbonyl (C=O) groups is 3. The maximum Gasteiger partial charge on any atom is 0.309 e. The molecule has 0 aromatic heterocycles. The molecule has 5 fully saturated rings. The summed E-state index contributed by atoms with van der Waals surface area (Å²) in [6.45, 7) is 17.8. The number of carbonyl (C=O) groups excluding carboxylic acids is 2. The minimum atomic E-state index is -0.697. The number of rotatable bonds is 4. The van der Waals surface area contributed by atoms with Crippen molar-refractivity contribution in [3.8, 4) is 0 Å². The van der Waals surface area contributed by atoms with E-state index in [2.05, 4.69) is 41.2 Å². The minimum absolute atomic E-state index is 0.0412. The Morgan fingerprint density at radius 2 is 1.62 bits per heavy atom. The van der Waals surface area contributed by atoms with E-state index in [4.69, 9.17) is 4.74 Å². The van der Waals surface area contributed by atoms with Crippen LogP contribution in [0.15, 0.2) is 12.2 Å². The smallest absolute Gasteiger partial charge is 0.309 e. The maximum atomic E-state index is 13.0. The van der Waals surface area contributed by atoms with E-state index in [1.807, 2.05) is 0 Å². The summed E-state index contributed by atoms with van der Waals surface area (Å²) in [6.07, 6.45) is 9.24. The van der Waals surface area contributed by atoms with E-state index in [0.717, 1.165) is 56.9 Å². The second-order valence-corrected chi connectivity index (χ2v) is 14.9. The zero-order chi connectivity index (χ0) is 27.2. The molecule has 5 rings (SSSR count). The highest BCUT2D eigenvalue weighted by molar-refractivity contribution is 5.85. The summed E-state index contributed by atoms with van der Waals surface area (Å²) in [7, 11) is 0. The molecule has 5 heteroatoms. The van der Waals surface area contributed by atoms with Gasteiger partial charge in [-0.2, -0.15) is 0 Å². The number of hydrogen-bond acceptors (Lipinski definition) is 4. The first-order valence-electron chi connectivity index (χ1n) is 14.7. The predicted molar refractivity (Wildman–Crippen MR) is 143 cm³/mol. The molecule has 0 saturated heterocycles. The van der Waals surface area contributed by atoms with E-state index in [1.54, 1.807) is 0 Å². The zero-order valence-electron chi connectivity index (χ0n) is 24.0. The lowest BCUT2D eigenvalue weighted by Gasteiger charge is -2.72. The fraction of sp³-hybridized carbons (Fsp3) is 0.844. The standard InChI is InChI=1S/C32H48O5/c1-19(18-37-20(2)33)21-10-15-32(27(35)36)17-16-30(6)22(26(21)32)8-9-24-29(5)13-12-25(34)28(3,4)23(29)11-14-31(24,30)7/h21-24,26H,1,8-18H2,2-7H3,(H,35,36)/t21-,22?,23-,24+,26+,29-,30+,31+,32-/m0/s1. The highest BCUT2D eigenvalue weighted by Gasteiger charge is 2.72. The third-order valence-corrected chi connectivity index (χ3v) is 13.6. The molecule has 37 heavy (non-hydrogen) atoms. The Hall–Kier alpha value is -1.65. The van der Waals surface area contributed by atoms with Crippen LogP contribution in [0.3, 0.4) is 0 Å². The van der Waals surface area contributed by atoms with Gasteiger partial charge in [0.2, 0.25) is 0 Å². The highest BCUT2D eigenvalue weighted by Crippen LogP contribution is 2.77. The zero-order valence-corrected chi connectivity index (χ0v) is 24.0. The Labute approximate surface area is 223 Å². The van der Waals surface area contributed by atoms with Gasteiger partial charge in [0, 0.05) is 18.8 Å². The molecule has 1 unspecified atom stereocenters. The van der Waals surface area contributed by atoms with E-state index in [1.165, 1.54) is 6.92 Å². The topological polar surface area (TPSA) is 80.7 Å². The summed E-state index contributed by atoms with van der Waals surface area (Å²) in [5.41, 5.74) is 0.242. The van der Waals surface area contributed by atoms with Crippen molar-refractivity contribution < 1.29 is 24.2 Å². The summed E-state index contributed by atoms with van der Waals surface area (Å²) >= 11 is 0. The summed E-state index contributed by atoms with van der Waals surface area (Å²) < 4.78 is 5.34. The Morgan fingerprint density at radius 1 is 0.919 bits per heavy atom. The molecule has 0 heterocycles. The van der Waals surface area contributed by atoms with E-state index >= 15 is 0 Å². The summed E-state index contributed by atoms with van der Waals surface area (Å²) in [6, 6.07) is 0. The Kier molecular flexibility index (Phi) is 6.13. The molecule has 0 spiro atoms. The number of fused-ring (bicyclic) bond motifs is 7. The lowest BCUT2D eigenvalue weighted by atomic mass is 9.32. The van der Waals surface area contributed by atoms with Crippen molar-refractivity contribution >= 4 is 17.7 Å². The van der Waals surface area contributed by atoms with Gasteiger partial charge in [0.25, 0.3) is 0 Å². The largest absolute Gasteiger partial charge is 0.481 e. The average Bonchev–Trinajstić information content (AvgIpc) is 3.22. The molecule has 5 saturated carbocycles. The average molecular weight is 513 g/mol. The molecule has 0 aromatic rings. The van der Waals surface area contributed by atoms with Crippen LogP contribution < -0.4 is 0 Å². The van der Waals surface area contributed by atoms with Crippen molar-refractivity contribution in [2.75, 3.05) is 6.61 Å². The summed E-state index contributed by atoms with van der Waals surface area (Å²) in [5.74, 6) is 0.887. The number of hydrogen-bond donors (Lipinski definition) is 1. The molecule has 5 nitrogen and oxygen atoms in total. The SMILES string of the molecule is C=C(COC(C)=O)[C@@H]1CC[C@]2(C(=O)O)CC[C@]3(C)C(CC[C@@H]4[C@@]5(C)CCC(=O)C(C)(C)[C@@H]5CC[C@]43C)[C@@H]12. The summed E-state index contributed by atoms with van der Waals surface area (Å²) in [5, 5.41) is 10.6. The molecule has 0 bridgehead atoms. The lowest BCUT2D eigenvalue weighted by Crippen LogP contribution is -2.66. The molecule has 9 atom stereocenters. The predicted octanol–water partition coefficient (Wildman–Crippen LogP) is 6.84. The van der Waals surface area contributed by atoms with Gasteiger partial charge in [-0.15, -0.1) is 0 Å². The van der Waals surface area contributed by atoms with Crippen LogP contribution in [0, 0.1) is 56.7 Å². The molecule has 5 aliphatic rings. The quantitative estimate of drug-likeness (QED) is 0.329. The van der Waals surface area contributed by atoms with Crippen molar-refractivity contribution in [3.05, 3.63) is 12.2 Å². The number of carboxylic acid groups (broad SMARTS) is 1. The number of Topliss-reactive ketones (excluding diaryl/α,β-unsaturated/α-hetero) is 1. The van der Waals surface area contributed by atoms with E-state index in [9.17, 15) is 19.5 Å². The highest BCUT2D eigenvalue weighted by atomic mass is 16.5. The van der Waals surface area contributed by atoms with Crippen LogP contribution in [0.25, 0.3) is 0 Å². The Morgan fingerprint density at radius 3 is 2.27 bits per heavy atom. The number of aliphatic carboxylic acids is 1.